The Morgan fingerprint density at radius 1 is 1.32 bits per heavy atom. The number of thiazole rings is 1. The highest BCUT2D eigenvalue weighted by Gasteiger charge is 2.18. The topological polar surface area (TPSA) is 24.9 Å². The number of aromatic nitrogens is 1. The van der Waals surface area contributed by atoms with Crippen LogP contribution in [0.4, 0.5) is 0 Å². The summed E-state index contributed by atoms with van der Waals surface area (Å²) in [7, 11) is 0. The van der Waals surface area contributed by atoms with Crippen LogP contribution >= 0.6 is 11.3 Å². The summed E-state index contributed by atoms with van der Waals surface area (Å²) in [5, 5.41) is 4.78. The van der Waals surface area contributed by atoms with E-state index in [0.29, 0.717) is 5.92 Å². The standard InChI is InChI=1S/C16H22N2S/c1-2-3-4-12-5-6-14-15(11-12)19-16(18-14)13-7-9-17-10-8-13/h5-6,11,13,17H,2-4,7-10H2,1H3. The van der Waals surface area contributed by atoms with E-state index in [0.717, 1.165) is 13.1 Å². The Balaban J connectivity index is 1.83. The Morgan fingerprint density at radius 3 is 2.95 bits per heavy atom. The Labute approximate surface area is 119 Å². The summed E-state index contributed by atoms with van der Waals surface area (Å²) < 4.78 is 1.38. The minimum Gasteiger partial charge on any atom is -0.317 e. The van der Waals surface area contributed by atoms with E-state index in [1.807, 2.05) is 11.3 Å². The van der Waals surface area contributed by atoms with Gasteiger partial charge in [-0.25, -0.2) is 4.98 Å². The molecular weight excluding hydrogens is 252 g/mol. The first kappa shape index (κ1) is 13.1. The number of piperidine rings is 1. The van der Waals surface area contributed by atoms with E-state index >= 15 is 0 Å². The van der Waals surface area contributed by atoms with Crippen LogP contribution in [0.3, 0.4) is 0 Å². The fourth-order valence-corrected chi connectivity index (χ4v) is 3.97. The third kappa shape index (κ3) is 2.98. The molecule has 0 atom stereocenters. The molecule has 1 saturated heterocycles. The highest BCUT2D eigenvalue weighted by atomic mass is 32.1. The minimum absolute atomic E-state index is 0.678. The van der Waals surface area contributed by atoms with E-state index < -0.39 is 0 Å². The molecule has 0 unspecified atom stereocenters. The summed E-state index contributed by atoms with van der Waals surface area (Å²) in [4.78, 5) is 4.85. The van der Waals surface area contributed by atoms with Gasteiger partial charge in [0.05, 0.1) is 15.2 Å². The van der Waals surface area contributed by atoms with E-state index in [9.17, 15) is 0 Å². The van der Waals surface area contributed by atoms with Gasteiger partial charge in [0.1, 0.15) is 0 Å². The van der Waals surface area contributed by atoms with E-state index in [1.54, 1.807) is 0 Å². The summed E-state index contributed by atoms with van der Waals surface area (Å²) in [5.74, 6) is 0.678. The van der Waals surface area contributed by atoms with Crippen LogP contribution < -0.4 is 5.32 Å². The number of fused-ring (bicyclic) bond motifs is 1. The molecule has 0 aliphatic carbocycles. The predicted octanol–water partition coefficient (Wildman–Crippen LogP) is 4.11. The minimum atomic E-state index is 0.678. The molecule has 0 spiro atoms. The van der Waals surface area contributed by atoms with E-state index in [2.05, 4.69) is 30.4 Å². The Kier molecular flexibility index (Phi) is 4.14. The molecule has 2 nitrogen and oxygen atoms in total. The largest absolute Gasteiger partial charge is 0.317 e. The van der Waals surface area contributed by atoms with Crippen LogP contribution in [0, 0.1) is 0 Å². The van der Waals surface area contributed by atoms with Crippen molar-refractivity contribution in [1.82, 2.24) is 10.3 Å². The van der Waals surface area contributed by atoms with Crippen molar-refractivity contribution in [2.45, 2.75) is 44.9 Å². The zero-order chi connectivity index (χ0) is 13.1. The van der Waals surface area contributed by atoms with Gasteiger partial charge < -0.3 is 5.32 Å². The third-order valence-corrected chi connectivity index (χ3v) is 5.16. The van der Waals surface area contributed by atoms with Gasteiger partial charge in [-0.05, 0) is 56.5 Å². The van der Waals surface area contributed by atoms with Crippen molar-refractivity contribution in [2.24, 2.45) is 0 Å². The molecule has 0 radical (unpaired) electrons. The number of unbranched alkanes of at least 4 members (excludes halogenated alkanes) is 1. The highest BCUT2D eigenvalue weighted by Crippen LogP contribution is 2.32. The molecule has 2 heterocycles. The SMILES string of the molecule is CCCCc1ccc2nc(C3CCNCC3)sc2c1. The van der Waals surface area contributed by atoms with Gasteiger partial charge in [0.2, 0.25) is 0 Å². The van der Waals surface area contributed by atoms with Crippen LogP contribution in [0.25, 0.3) is 10.2 Å². The normalized spacial score (nSPS) is 17.1. The molecule has 102 valence electrons. The molecule has 1 aromatic heterocycles. The molecule has 19 heavy (non-hydrogen) atoms. The van der Waals surface area contributed by atoms with Gasteiger partial charge >= 0.3 is 0 Å². The smallest absolute Gasteiger partial charge is 0.0970 e. The second kappa shape index (κ2) is 6.02. The Bertz CT molecular complexity index is 541. The first-order chi connectivity index (χ1) is 9.36. The summed E-state index contributed by atoms with van der Waals surface area (Å²) in [6, 6.07) is 6.82. The number of rotatable bonds is 4. The van der Waals surface area contributed by atoms with Crippen molar-refractivity contribution in [3.63, 3.8) is 0 Å². The van der Waals surface area contributed by atoms with Gasteiger partial charge in [-0.15, -0.1) is 11.3 Å². The molecule has 1 aliphatic rings. The zero-order valence-corrected chi connectivity index (χ0v) is 12.4. The molecule has 0 bridgehead atoms. The zero-order valence-electron chi connectivity index (χ0n) is 11.6. The lowest BCUT2D eigenvalue weighted by Gasteiger charge is -2.20. The van der Waals surface area contributed by atoms with Crippen molar-refractivity contribution >= 4 is 21.6 Å². The summed E-state index contributed by atoms with van der Waals surface area (Å²) in [6.45, 7) is 4.53. The number of nitrogens with zero attached hydrogens (tertiary/aromatic N) is 1. The van der Waals surface area contributed by atoms with Gasteiger partial charge in [0, 0.05) is 5.92 Å². The third-order valence-electron chi connectivity index (χ3n) is 3.98. The van der Waals surface area contributed by atoms with Crippen LogP contribution in [-0.2, 0) is 6.42 Å². The van der Waals surface area contributed by atoms with Crippen LogP contribution in [0.1, 0.15) is 49.1 Å². The molecule has 0 amide bonds. The van der Waals surface area contributed by atoms with Crippen LogP contribution in [-0.4, -0.2) is 18.1 Å². The maximum atomic E-state index is 4.85. The Morgan fingerprint density at radius 2 is 2.16 bits per heavy atom. The fourth-order valence-electron chi connectivity index (χ4n) is 2.77. The second-order valence-electron chi connectivity index (χ2n) is 5.48. The average Bonchev–Trinajstić information content (AvgIpc) is 2.89. The lowest BCUT2D eigenvalue weighted by molar-refractivity contribution is 0.459. The van der Waals surface area contributed by atoms with Crippen LogP contribution in [0.2, 0.25) is 0 Å². The number of hydrogen-bond donors (Lipinski definition) is 1. The summed E-state index contributed by atoms with van der Waals surface area (Å²) in [5.41, 5.74) is 2.66. The quantitative estimate of drug-likeness (QED) is 0.907. The van der Waals surface area contributed by atoms with Gasteiger partial charge in [-0.1, -0.05) is 19.4 Å². The summed E-state index contributed by atoms with van der Waals surface area (Å²) >= 11 is 1.91. The Hall–Kier alpha value is -0.930. The number of benzene rings is 1. The van der Waals surface area contributed by atoms with Gasteiger partial charge in [-0.3, -0.25) is 0 Å². The molecule has 3 heteroatoms. The van der Waals surface area contributed by atoms with Crippen LogP contribution in [0.5, 0.6) is 0 Å². The number of aryl methyl sites for hydroxylation is 1. The first-order valence-corrected chi connectivity index (χ1v) is 8.28. The second-order valence-corrected chi connectivity index (χ2v) is 6.54. The molecule has 1 aromatic carbocycles. The molecule has 0 saturated carbocycles. The molecule has 1 aliphatic heterocycles. The number of hydrogen-bond acceptors (Lipinski definition) is 3. The monoisotopic (exact) mass is 274 g/mol. The van der Waals surface area contributed by atoms with Crippen molar-refractivity contribution < 1.29 is 0 Å². The summed E-state index contributed by atoms with van der Waals surface area (Å²) in [6.07, 6.45) is 6.23. The van der Waals surface area contributed by atoms with Crippen molar-refractivity contribution in [3.05, 3.63) is 28.8 Å². The molecule has 1 fully saturated rings. The molecule has 3 rings (SSSR count). The predicted molar refractivity (Wildman–Crippen MR) is 83.1 cm³/mol. The number of nitrogens with one attached hydrogen (secondary N) is 1. The van der Waals surface area contributed by atoms with Gasteiger partial charge in [-0.2, -0.15) is 0 Å². The van der Waals surface area contributed by atoms with E-state index in [4.69, 9.17) is 4.98 Å². The molecule has 2 aromatic rings. The van der Waals surface area contributed by atoms with E-state index in [-0.39, 0.29) is 0 Å². The van der Waals surface area contributed by atoms with Crippen molar-refractivity contribution in [1.29, 1.82) is 0 Å². The molecular formula is C16H22N2S. The first-order valence-electron chi connectivity index (χ1n) is 7.47. The van der Waals surface area contributed by atoms with E-state index in [1.165, 1.54) is 52.9 Å². The van der Waals surface area contributed by atoms with Crippen LogP contribution in [0.15, 0.2) is 18.2 Å². The lowest BCUT2D eigenvalue weighted by Crippen LogP contribution is -2.26. The van der Waals surface area contributed by atoms with Gasteiger partial charge in [0.15, 0.2) is 0 Å². The maximum absolute atomic E-state index is 4.85. The van der Waals surface area contributed by atoms with Crippen molar-refractivity contribution in [2.75, 3.05) is 13.1 Å². The van der Waals surface area contributed by atoms with Gasteiger partial charge in [0.25, 0.3) is 0 Å². The average molecular weight is 274 g/mol. The lowest BCUT2D eigenvalue weighted by atomic mass is 9.99. The van der Waals surface area contributed by atoms with Crippen molar-refractivity contribution in [3.8, 4) is 0 Å². The maximum Gasteiger partial charge on any atom is 0.0970 e. The molecule has 1 N–H and O–H groups in total. The highest BCUT2D eigenvalue weighted by molar-refractivity contribution is 7.18. The fraction of sp³-hybridized carbons (Fsp3) is 0.562.